The van der Waals surface area contributed by atoms with Gasteiger partial charge in [0.2, 0.25) is 10.0 Å². The number of halogens is 1. The van der Waals surface area contributed by atoms with E-state index in [0.29, 0.717) is 18.0 Å². The van der Waals surface area contributed by atoms with E-state index in [2.05, 4.69) is 5.32 Å². The molecule has 2 rings (SSSR count). The summed E-state index contributed by atoms with van der Waals surface area (Å²) in [7, 11) is -4.00. The summed E-state index contributed by atoms with van der Waals surface area (Å²) in [6, 6.07) is 10.7. The first-order chi connectivity index (χ1) is 13.3. The molecule has 0 aliphatic heterocycles. The maximum absolute atomic E-state index is 12.8. The van der Waals surface area contributed by atoms with Crippen LogP contribution in [0.15, 0.2) is 53.4 Å². The van der Waals surface area contributed by atoms with Crippen LogP contribution in [0.3, 0.4) is 0 Å². The molecular weight excluding hydrogens is 391 g/mol. The average Bonchev–Trinajstić information content (AvgIpc) is 2.67. The van der Waals surface area contributed by atoms with E-state index in [1.807, 2.05) is 11.6 Å². The van der Waals surface area contributed by atoms with E-state index in [-0.39, 0.29) is 4.90 Å². The van der Waals surface area contributed by atoms with Gasteiger partial charge in [-0.15, -0.1) is 0 Å². The van der Waals surface area contributed by atoms with Crippen molar-refractivity contribution in [3.63, 3.8) is 0 Å². The minimum atomic E-state index is -4.00. The Labute approximate surface area is 161 Å². The van der Waals surface area contributed by atoms with Crippen molar-refractivity contribution in [2.45, 2.75) is 11.8 Å². The Morgan fingerprint density at radius 3 is 2.29 bits per heavy atom. The fraction of sp³-hybridized carbons (Fsp3) is 0.222. The molecule has 0 heterocycles. The fourth-order valence-electron chi connectivity index (χ4n) is 2.05. The number of carbonyl (C=O) groups is 2. The Morgan fingerprint density at radius 1 is 1.04 bits per heavy atom. The van der Waals surface area contributed by atoms with Gasteiger partial charge >= 0.3 is 5.97 Å². The molecule has 1 amide bonds. The molecule has 8 nitrogen and oxygen atoms in total. The van der Waals surface area contributed by atoms with Crippen molar-refractivity contribution in [1.82, 2.24) is 4.72 Å². The molecule has 0 saturated heterocycles. The standard InChI is InChI=1S/C18H19FN2O6S/c1-2-26-15-7-5-14(6-8-15)21-17(22)12-27-18(23)11-20-28(24,25)16-9-3-13(19)4-10-16/h3-10,20H,2,11-12H2,1H3,(H,21,22). The van der Waals surface area contributed by atoms with Gasteiger partial charge in [0.1, 0.15) is 18.1 Å². The molecule has 0 bridgehead atoms. The normalized spacial score (nSPS) is 10.9. The predicted molar refractivity (Wildman–Crippen MR) is 98.8 cm³/mol. The Hall–Kier alpha value is -2.98. The van der Waals surface area contributed by atoms with Crippen molar-refractivity contribution < 1.29 is 31.9 Å². The maximum atomic E-state index is 12.8. The highest BCUT2D eigenvalue weighted by molar-refractivity contribution is 7.89. The molecule has 0 fully saturated rings. The van der Waals surface area contributed by atoms with Crippen LogP contribution in [0.1, 0.15) is 6.92 Å². The molecule has 10 heteroatoms. The van der Waals surface area contributed by atoms with Crippen molar-refractivity contribution in [2.24, 2.45) is 0 Å². The van der Waals surface area contributed by atoms with Gasteiger partial charge in [-0.05, 0) is 55.5 Å². The molecule has 0 radical (unpaired) electrons. The lowest BCUT2D eigenvalue weighted by Crippen LogP contribution is -2.32. The Balaban J connectivity index is 1.77. The Kier molecular flexibility index (Phi) is 7.47. The van der Waals surface area contributed by atoms with Gasteiger partial charge < -0.3 is 14.8 Å². The molecule has 2 N–H and O–H groups in total. The van der Waals surface area contributed by atoms with Gasteiger partial charge in [0.25, 0.3) is 5.91 Å². The number of rotatable bonds is 9. The minimum absolute atomic E-state index is 0.199. The third kappa shape index (κ3) is 6.63. The van der Waals surface area contributed by atoms with E-state index >= 15 is 0 Å². The van der Waals surface area contributed by atoms with Crippen molar-refractivity contribution >= 4 is 27.6 Å². The molecule has 28 heavy (non-hydrogen) atoms. The van der Waals surface area contributed by atoms with E-state index in [1.165, 1.54) is 0 Å². The highest BCUT2D eigenvalue weighted by atomic mass is 32.2. The summed E-state index contributed by atoms with van der Waals surface area (Å²) in [5, 5.41) is 2.52. The van der Waals surface area contributed by atoms with Crippen LogP contribution >= 0.6 is 0 Å². The number of sulfonamides is 1. The van der Waals surface area contributed by atoms with Gasteiger partial charge in [-0.3, -0.25) is 9.59 Å². The summed E-state index contributed by atoms with van der Waals surface area (Å²) < 4.78 is 48.8. The zero-order valence-electron chi connectivity index (χ0n) is 15.0. The zero-order valence-corrected chi connectivity index (χ0v) is 15.8. The lowest BCUT2D eigenvalue weighted by molar-refractivity contribution is -0.146. The topological polar surface area (TPSA) is 111 Å². The summed E-state index contributed by atoms with van der Waals surface area (Å²) in [5.74, 6) is -1.45. The number of nitrogens with one attached hydrogen (secondary N) is 2. The molecule has 0 atom stereocenters. The van der Waals surface area contributed by atoms with Gasteiger partial charge in [-0.2, -0.15) is 4.72 Å². The lowest BCUT2D eigenvalue weighted by Gasteiger charge is -2.09. The maximum Gasteiger partial charge on any atom is 0.321 e. The van der Waals surface area contributed by atoms with Crippen LogP contribution in [0.4, 0.5) is 10.1 Å². The molecule has 150 valence electrons. The molecule has 0 unspecified atom stereocenters. The number of hydrogen-bond acceptors (Lipinski definition) is 6. The van der Waals surface area contributed by atoms with Crippen molar-refractivity contribution in [1.29, 1.82) is 0 Å². The van der Waals surface area contributed by atoms with Gasteiger partial charge in [-0.25, -0.2) is 12.8 Å². The van der Waals surface area contributed by atoms with Crippen LogP contribution in [0, 0.1) is 5.82 Å². The monoisotopic (exact) mass is 410 g/mol. The molecule has 0 spiro atoms. The number of esters is 1. The van der Waals surface area contributed by atoms with Crippen LogP contribution in [0.5, 0.6) is 5.75 Å². The second kappa shape index (κ2) is 9.81. The second-order valence-corrected chi connectivity index (χ2v) is 7.21. The number of hydrogen-bond donors (Lipinski definition) is 2. The predicted octanol–water partition coefficient (Wildman–Crippen LogP) is 1.68. The summed E-state index contributed by atoms with van der Waals surface area (Å²) in [4.78, 5) is 23.2. The lowest BCUT2D eigenvalue weighted by atomic mass is 10.3. The van der Waals surface area contributed by atoms with Crippen LogP contribution in [-0.2, 0) is 24.3 Å². The molecule has 0 aliphatic carbocycles. The zero-order chi connectivity index (χ0) is 20.6. The average molecular weight is 410 g/mol. The number of anilines is 1. The summed E-state index contributed by atoms with van der Waals surface area (Å²) in [5.41, 5.74) is 0.488. The second-order valence-electron chi connectivity index (χ2n) is 5.44. The first kappa shape index (κ1) is 21.3. The van der Waals surface area contributed by atoms with Crippen LogP contribution in [-0.4, -0.2) is 40.1 Å². The largest absolute Gasteiger partial charge is 0.494 e. The van der Waals surface area contributed by atoms with E-state index in [4.69, 9.17) is 9.47 Å². The molecular formula is C18H19FN2O6S. The molecule has 2 aromatic rings. The van der Waals surface area contributed by atoms with E-state index in [9.17, 15) is 22.4 Å². The van der Waals surface area contributed by atoms with Crippen molar-refractivity contribution in [2.75, 3.05) is 25.1 Å². The highest BCUT2D eigenvalue weighted by Crippen LogP contribution is 2.15. The summed E-state index contributed by atoms with van der Waals surface area (Å²) >= 11 is 0. The van der Waals surface area contributed by atoms with Crippen LogP contribution in [0.25, 0.3) is 0 Å². The van der Waals surface area contributed by atoms with Crippen LogP contribution in [0.2, 0.25) is 0 Å². The third-order valence-corrected chi connectivity index (χ3v) is 4.76. The first-order valence-corrected chi connectivity index (χ1v) is 9.72. The third-order valence-electron chi connectivity index (χ3n) is 3.34. The van der Waals surface area contributed by atoms with E-state index in [1.54, 1.807) is 24.3 Å². The van der Waals surface area contributed by atoms with Gasteiger partial charge in [0.05, 0.1) is 11.5 Å². The van der Waals surface area contributed by atoms with Crippen molar-refractivity contribution in [3.05, 3.63) is 54.3 Å². The molecule has 0 saturated carbocycles. The number of carbonyl (C=O) groups excluding carboxylic acids is 2. The van der Waals surface area contributed by atoms with Gasteiger partial charge in [0, 0.05) is 5.69 Å². The Morgan fingerprint density at radius 2 is 1.68 bits per heavy atom. The van der Waals surface area contributed by atoms with Crippen LogP contribution < -0.4 is 14.8 Å². The molecule has 0 aliphatic rings. The molecule has 2 aromatic carbocycles. The van der Waals surface area contributed by atoms with Gasteiger partial charge in [-0.1, -0.05) is 0 Å². The number of benzene rings is 2. The summed E-state index contributed by atoms with van der Waals surface area (Å²) in [6.07, 6.45) is 0. The van der Waals surface area contributed by atoms with Gasteiger partial charge in [0.15, 0.2) is 6.61 Å². The van der Waals surface area contributed by atoms with E-state index in [0.717, 1.165) is 24.3 Å². The first-order valence-electron chi connectivity index (χ1n) is 8.23. The highest BCUT2D eigenvalue weighted by Gasteiger charge is 2.16. The summed E-state index contributed by atoms with van der Waals surface area (Å²) in [6.45, 7) is 1.12. The smallest absolute Gasteiger partial charge is 0.321 e. The van der Waals surface area contributed by atoms with E-state index < -0.39 is 40.9 Å². The quantitative estimate of drug-likeness (QED) is 0.609. The van der Waals surface area contributed by atoms with Crippen molar-refractivity contribution in [3.8, 4) is 5.75 Å². The fourth-order valence-corrected chi connectivity index (χ4v) is 3.02. The number of amides is 1. The Bertz CT molecular complexity index is 914. The number of ether oxygens (including phenoxy) is 2. The molecule has 0 aromatic heterocycles. The minimum Gasteiger partial charge on any atom is -0.494 e. The SMILES string of the molecule is CCOc1ccc(NC(=O)COC(=O)CNS(=O)(=O)c2ccc(F)cc2)cc1.